The van der Waals surface area contributed by atoms with E-state index in [1.807, 2.05) is 0 Å². The van der Waals surface area contributed by atoms with Crippen LogP contribution in [0.25, 0.3) is 291 Å². The van der Waals surface area contributed by atoms with E-state index < -0.39 is 16.4 Å². The van der Waals surface area contributed by atoms with Crippen LogP contribution in [0.5, 0.6) is 0 Å². The number of carbonyl (C=O) groups excluding carboxylic acids is 1. The molecule has 4 heteroatoms. The molecule has 0 saturated carbocycles. The van der Waals surface area contributed by atoms with Crippen molar-refractivity contribution in [2.24, 2.45) is 0 Å². The monoisotopic (exact) mass is 863 g/mol. The van der Waals surface area contributed by atoms with Gasteiger partial charge in [-0.25, -0.2) is 4.79 Å². The topological polar surface area (TPSA) is 38.8 Å². The van der Waals surface area contributed by atoms with E-state index in [1.54, 1.807) is 288 Å². The predicted octanol–water partition coefficient (Wildman–Crippen LogP) is 15.5. The summed E-state index contributed by atoms with van der Waals surface area (Å²) in [5, 5.41) is 85.5. The smallest absolute Gasteiger partial charge is 0.330 e. The molecule has 6 aliphatic rings. The Kier molecular flexibility index (Phi) is 2.13. The molecule has 0 bridgehead atoms. The minimum atomic E-state index is -1.05. The third-order valence-electron chi connectivity index (χ3n) is 26.2. The maximum atomic E-state index is 16.2. The largest absolute Gasteiger partial charge is 0.468 e. The van der Waals surface area contributed by atoms with E-state index >= 15 is 4.79 Å². The lowest BCUT2D eigenvalue weighted by molar-refractivity contribution is -0.154. The fraction of sp³-hybridized carbons (Fsp3) is 0.106. The zero-order chi connectivity index (χ0) is 41.7. The standard InChI is InChI=1S/C66H9NO3/c1-69-63(68)65-3-70-4-67(65)2-64-59-51-43-33-23-15-7-5-6-9-13-11(7)19-27-21(13)31-25-17(9)18-10(6)14-12-8(5)16(15)24-30-20(12)28-22(14)32-26(18)36-35(25)47-41(31)49-39(27)45(37(43)29(19)23)53(59)55(49)61-57(47)58-48(36)42(32)50-40(28)46-38(30)44(34(24)33)52(51)60(64)54(46)56(50)62(58)66(61,64)65/h2-4H2,1H3. The number of ether oxygens (including phenoxy) is 2. The molecule has 0 radical (unpaired) electrons. The molecule has 4 nitrogen and oxygen atoms in total. The van der Waals surface area contributed by atoms with Crippen LogP contribution in [0.15, 0.2) is 0 Å². The second kappa shape index (κ2) is 5.74. The molecular formula is C66H9NO3. The Morgan fingerprint density at radius 2 is 0.529 bits per heavy atom. The summed E-state index contributed by atoms with van der Waals surface area (Å²) >= 11 is 0. The highest BCUT2D eigenvalue weighted by Gasteiger charge is 2.84. The van der Waals surface area contributed by atoms with E-state index in [-0.39, 0.29) is 5.97 Å². The number of methoxy groups -OCH3 is 1. The summed E-state index contributed by atoms with van der Waals surface area (Å²) in [6.07, 6.45) is 0. The van der Waals surface area contributed by atoms with E-state index in [0.29, 0.717) is 13.3 Å². The van der Waals surface area contributed by atoms with Crippen molar-refractivity contribution in [2.45, 2.75) is 16.4 Å². The molecule has 2 spiro atoms. The lowest BCUT2D eigenvalue weighted by atomic mass is 9.45. The van der Waals surface area contributed by atoms with Crippen molar-refractivity contribution < 1.29 is 14.3 Å². The normalized spacial score (nSPS) is 25.7. The van der Waals surface area contributed by atoms with Crippen molar-refractivity contribution >= 4 is 297 Å². The Bertz CT molecular complexity index is 7090. The van der Waals surface area contributed by atoms with Gasteiger partial charge in [0.05, 0.1) is 24.5 Å². The van der Waals surface area contributed by atoms with Crippen molar-refractivity contribution in [2.75, 3.05) is 27.0 Å². The van der Waals surface area contributed by atoms with Crippen molar-refractivity contribution in [3.63, 3.8) is 0 Å². The van der Waals surface area contributed by atoms with Gasteiger partial charge in [0.2, 0.25) is 0 Å². The van der Waals surface area contributed by atoms with Gasteiger partial charge in [0, 0.05) is 6.54 Å². The van der Waals surface area contributed by atoms with Crippen LogP contribution in [0, 0.1) is 0 Å². The number of esters is 1. The maximum Gasteiger partial charge on any atom is 0.330 e. The lowest BCUT2D eigenvalue weighted by Gasteiger charge is -2.54. The SMILES string of the molecule is COC(=O)C12COCN1CC13c4c5c6c7c8c9c(c%10c%11c1c1c4c4c%12c5c5c6c6c8c8c%13c9c9c%10c%10c%11c%11c1c1c4c4c%12c%12c5c5c6c8c6c8c%13c9c9c%10c%10c%11c1c1c4c4c%12c5c6c5c8c9c%10c1c45)C732. The number of carbonyl (C=O) groups is 1. The zero-order valence-corrected chi connectivity index (χ0v) is 35.8. The van der Waals surface area contributed by atoms with Crippen LogP contribution in [-0.2, 0) is 25.1 Å². The molecule has 0 aromatic heterocycles. The molecule has 2 fully saturated rings. The van der Waals surface area contributed by atoms with Crippen LogP contribution in [0.1, 0.15) is 22.3 Å². The molecule has 4 aliphatic carbocycles. The minimum Gasteiger partial charge on any atom is -0.468 e. The first-order chi connectivity index (χ1) is 34.8. The Balaban J connectivity index is 1.20. The van der Waals surface area contributed by atoms with Gasteiger partial charge in [-0.15, -0.1) is 0 Å². The summed E-state index contributed by atoms with van der Waals surface area (Å²) < 4.78 is 13.3. The van der Waals surface area contributed by atoms with Gasteiger partial charge in [-0.1, -0.05) is 0 Å². The van der Waals surface area contributed by atoms with Crippen LogP contribution >= 0.6 is 0 Å². The first kappa shape index (κ1) is 26.0. The molecule has 1 unspecified atom stereocenters. The quantitative estimate of drug-likeness (QED) is 0.122. The number of fused-ring (bicyclic) bond motifs is 1. The highest BCUT2D eigenvalue weighted by Crippen LogP contribution is 2.87. The fourth-order valence-electron chi connectivity index (χ4n) is 26.3. The zero-order valence-electron chi connectivity index (χ0n) is 35.8. The molecule has 2 saturated heterocycles. The third-order valence-corrected chi connectivity index (χ3v) is 26.2. The van der Waals surface area contributed by atoms with E-state index in [9.17, 15) is 0 Å². The number of rotatable bonds is 1. The average molecular weight is 864 g/mol. The second-order valence-corrected chi connectivity index (χ2v) is 25.9. The number of benzene rings is 18. The predicted molar refractivity (Wildman–Crippen MR) is 286 cm³/mol. The van der Waals surface area contributed by atoms with Gasteiger partial charge < -0.3 is 9.47 Å². The van der Waals surface area contributed by atoms with Crippen molar-refractivity contribution in [3.05, 3.63) is 22.3 Å². The van der Waals surface area contributed by atoms with E-state index in [0.717, 1.165) is 6.54 Å². The van der Waals surface area contributed by atoms with Gasteiger partial charge in [-0.05, 0) is 313 Å². The van der Waals surface area contributed by atoms with Gasteiger partial charge in [0.25, 0.3) is 0 Å². The van der Waals surface area contributed by atoms with E-state index in [2.05, 4.69) is 4.90 Å². The van der Waals surface area contributed by atoms with E-state index in [1.165, 1.54) is 32.7 Å². The van der Waals surface area contributed by atoms with Gasteiger partial charge in [-0.2, -0.15) is 0 Å². The number of hydrogen-bond acceptors (Lipinski definition) is 4. The Labute approximate surface area is 379 Å². The molecule has 296 valence electrons. The van der Waals surface area contributed by atoms with Crippen LogP contribution in [0.4, 0.5) is 0 Å². The Hall–Kier alpha value is -8.15. The summed E-state index contributed by atoms with van der Waals surface area (Å²) in [4.78, 5) is 18.8. The molecule has 0 amide bonds. The highest BCUT2D eigenvalue weighted by atomic mass is 16.5. The maximum absolute atomic E-state index is 16.2. The van der Waals surface area contributed by atoms with Gasteiger partial charge in [0.1, 0.15) is 6.73 Å². The molecule has 2 heterocycles. The molecule has 28 aromatic rings. The molecular weight excluding hydrogens is 855 g/mol. The first-order valence-electron chi connectivity index (χ1n) is 26.0. The summed E-state index contributed by atoms with van der Waals surface area (Å²) in [6, 6.07) is 0. The van der Waals surface area contributed by atoms with Crippen LogP contribution in [0.3, 0.4) is 0 Å². The third kappa shape index (κ3) is 1.30. The molecule has 70 heavy (non-hydrogen) atoms. The average Bonchev–Trinajstić information content (AvgIpc) is 4.36. The summed E-state index contributed by atoms with van der Waals surface area (Å²) in [5.74, 6) is -0.0978. The molecule has 1 atom stereocenters. The van der Waals surface area contributed by atoms with Crippen LogP contribution in [-0.4, -0.2) is 43.4 Å². The lowest BCUT2D eigenvalue weighted by Crippen LogP contribution is -2.66. The Morgan fingerprint density at radius 1 is 0.329 bits per heavy atom. The number of hydrogen-bond donors (Lipinski definition) is 0. The van der Waals surface area contributed by atoms with Crippen LogP contribution in [0.2, 0.25) is 0 Å². The molecule has 2 aliphatic heterocycles. The number of nitrogens with zero attached hydrogens (tertiary/aromatic N) is 1. The summed E-state index contributed by atoms with van der Waals surface area (Å²) in [5.41, 5.74) is 3.87. The Morgan fingerprint density at radius 3 is 0.743 bits per heavy atom. The van der Waals surface area contributed by atoms with Crippen LogP contribution < -0.4 is 0 Å². The molecule has 34 rings (SSSR count). The molecule has 28 aromatic carbocycles. The highest BCUT2D eigenvalue weighted by molar-refractivity contribution is 6.82. The second-order valence-electron chi connectivity index (χ2n) is 25.9. The van der Waals surface area contributed by atoms with Gasteiger partial charge in [0.15, 0.2) is 5.54 Å². The van der Waals surface area contributed by atoms with E-state index in [4.69, 9.17) is 9.47 Å². The fourth-order valence-corrected chi connectivity index (χ4v) is 26.3. The van der Waals surface area contributed by atoms with Crippen molar-refractivity contribution in [1.82, 2.24) is 4.90 Å². The van der Waals surface area contributed by atoms with Crippen molar-refractivity contribution in [1.29, 1.82) is 0 Å². The van der Waals surface area contributed by atoms with Crippen molar-refractivity contribution in [3.8, 4) is 0 Å². The summed E-state index contributed by atoms with van der Waals surface area (Å²) in [7, 11) is 1.68. The van der Waals surface area contributed by atoms with Gasteiger partial charge >= 0.3 is 5.97 Å². The molecule has 0 N–H and O–H groups in total. The first-order valence-corrected chi connectivity index (χ1v) is 26.0. The summed E-state index contributed by atoms with van der Waals surface area (Å²) in [6.45, 7) is 1.55. The van der Waals surface area contributed by atoms with Gasteiger partial charge in [-0.3, -0.25) is 4.90 Å². The minimum absolute atomic E-state index is 0.0978.